The fourth-order valence-electron chi connectivity index (χ4n) is 3.07. The molecule has 2 unspecified atom stereocenters. The number of anilines is 1. The van der Waals surface area contributed by atoms with Crippen molar-refractivity contribution in [2.75, 3.05) is 18.5 Å². The largest absolute Gasteiger partial charge is 0.480 e. The van der Waals surface area contributed by atoms with Crippen LogP contribution < -0.4 is 5.32 Å². The van der Waals surface area contributed by atoms with E-state index in [0.717, 1.165) is 36.8 Å². The van der Waals surface area contributed by atoms with Gasteiger partial charge in [-0.05, 0) is 50.5 Å². The molecular formula is C19H24N2O5. The van der Waals surface area contributed by atoms with Crippen molar-refractivity contribution in [3.63, 3.8) is 0 Å². The van der Waals surface area contributed by atoms with E-state index in [1.807, 2.05) is 12.1 Å². The van der Waals surface area contributed by atoms with Gasteiger partial charge < -0.3 is 24.5 Å². The van der Waals surface area contributed by atoms with E-state index in [1.54, 1.807) is 29.8 Å². The number of benzene rings is 1. The number of nitrogens with one attached hydrogen (secondary N) is 1. The minimum atomic E-state index is -0.896. The molecule has 26 heavy (non-hydrogen) atoms. The molecule has 0 aliphatic carbocycles. The summed E-state index contributed by atoms with van der Waals surface area (Å²) in [5.41, 5.74) is 1.46. The zero-order chi connectivity index (χ0) is 18.5. The Kier molecular flexibility index (Phi) is 5.90. The van der Waals surface area contributed by atoms with Crippen LogP contribution in [0.3, 0.4) is 0 Å². The second kappa shape index (κ2) is 8.33. The number of hydrogen-bond donors (Lipinski definition) is 2. The Bertz CT molecular complexity index is 779. The molecule has 140 valence electrons. The van der Waals surface area contributed by atoms with Crippen molar-refractivity contribution in [3.05, 3.63) is 30.5 Å². The minimum Gasteiger partial charge on any atom is -0.480 e. The van der Waals surface area contributed by atoms with Crippen LogP contribution in [-0.4, -0.2) is 47.0 Å². The molecule has 0 saturated carbocycles. The Morgan fingerprint density at radius 3 is 2.96 bits per heavy atom. The molecule has 0 spiro atoms. The van der Waals surface area contributed by atoms with E-state index in [0.29, 0.717) is 12.3 Å². The highest BCUT2D eigenvalue weighted by Gasteiger charge is 2.19. The van der Waals surface area contributed by atoms with Crippen LogP contribution in [0.4, 0.5) is 5.69 Å². The minimum absolute atomic E-state index is 0.0735. The van der Waals surface area contributed by atoms with Gasteiger partial charge in [0.15, 0.2) is 0 Å². The highest BCUT2D eigenvalue weighted by molar-refractivity contribution is 5.96. The molecule has 3 rings (SSSR count). The highest BCUT2D eigenvalue weighted by Crippen LogP contribution is 2.21. The third-order valence-corrected chi connectivity index (χ3v) is 4.52. The normalized spacial score (nSPS) is 18.6. The number of rotatable bonds is 7. The van der Waals surface area contributed by atoms with E-state index < -0.39 is 12.1 Å². The van der Waals surface area contributed by atoms with Crippen molar-refractivity contribution in [2.45, 2.75) is 44.9 Å². The predicted octanol–water partition coefficient (Wildman–Crippen LogP) is 2.64. The van der Waals surface area contributed by atoms with Crippen molar-refractivity contribution in [3.8, 4) is 0 Å². The molecule has 1 aliphatic rings. The molecule has 1 aromatic carbocycles. The molecule has 2 aromatic rings. The Morgan fingerprint density at radius 1 is 1.38 bits per heavy atom. The first-order chi connectivity index (χ1) is 12.5. The summed E-state index contributed by atoms with van der Waals surface area (Å²) < 4.78 is 12.9. The Morgan fingerprint density at radius 2 is 2.23 bits per heavy atom. The summed E-state index contributed by atoms with van der Waals surface area (Å²) in [5.74, 6) is -1.11. The van der Waals surface area contributed by atoms with Gasteiger partial charge in [-0.1, -0.05) is 0 Å². The van der Waals surface area contributed by atoms with Crippen LogP contribution in [0.25, 0.3) is 10.9 Å². The molecular weight excluding hydrogens is 336 g/mol. The average Bonchev–Trinajstić information content (AvgIpc) is 3.02. The van der Waals surface area contributed by atoms with Gasteiger partial charge in [-0.15, -0.1) is 0 Å². The number of carbonyl (C=O) groups is 2. The Balaban J connectivity index is 1.57. The third kappa shape index (κ3) is 4.62. The fourth-order valence-corrected chi connectivity index (χ4v) is 3.07. The number of carbonyl (C=O) groups excluding carboxylic acids is 1. The molecule has 2 heterocycles. The Hall–Kier alpha value is -2.38. The Labute approximate surface area is 151 Å². The zero-order valence-electron chi connectivity index (χ0n) is 14.8. The monoisotopic (exact) mass is 360 g/mol. The number of aromatic nitrogens is 1. The SMILES string of the molecule is CC(OCC1CCCCO1)C(=O)Nc1ccc2c(ccn2CC(=O)O)c1. The van der Waals surface area contributed by atoms with E-state index in [2.05, 4.69) is 5.32 Å². The molecule has 1 aromatic heterocycles. The number of nitrogens with zero attached hydrogens (tertiary/aromatic N) is 1. The van der Waals surface area contributed by atoms with Gasteiger partial charge in [-0.3, -0.25) is 9.59 Å². The molecule has 0 radical (unpaired) electrons. The maximum absolute atomic E-state index is 12.3. The first kappa shape index (κ1) is 18.4. The first-order valence-electron chi connectivity index (χ1n) is 8.87. The van der Waals surface area contributed by atoms with Gasteiger partial charge in [-0.2, -0.15) is 0 Å². The zero-order valence-corrected chi connectivity index (χ0v) is 14.8. The molecule has 1 amide bonds. The van der Waals surface area contributed by atoms with E-state index in [4.69, 9.17) is 14.6 Å². The molecule has 0 bridgehead atoms. The molecule has 7 heteroatoms. The second-order valence-electron chi connectivity index (χ2n) is 6.56. The summed E-state index contributed by atoms with van der Waals surface area (Å²) in [6.07, 6.45) is 4.41. The molecule has 2 atom stereocenters. The third-order valence-electron chi connectivity index (χ3n) is 4.52. The van der Waals surface area contributed by atoms with Gasteiger partial charge in [-0.25, -0.2) is 0 Å². The van der Waals surface area contributed by atoms with Gasteiger partial charge in [0.05, 0.1) is 12.7 Å². The number of fused-ring (bicyclic) bond motifs is 1. The summed E-state index contributed by atoms with van der Waals surface area (Å²) in [6, 6.07) is 7.21. The number of carboxylic acid groups (broad SMARTS) is 1. The lowest BCUT2D eigenvalue weighted by molar-refractivity contribution is -0.137. The van der Waals surface area contributed by atoms with Crippen LogP contribution in [0.2, 0.25) is 0 Å². The molecule has 1 saturated heterocycles. The van der Waals surface area contributed by atoms with Gasteiger partial charge in [0, 0.05) is 29.4 Å². The average molecular weight is 360 g/mol. The van der Waals surface area contributed by atoms with Gasteiger partial charge in [0.1, 0.15) is 12.6 Å². The maximum atomic E-state index is 12.3. The number of hydrogen-bond acceptors (Lipinski definition) is 4. The molecule has 2 N–H and O–H groups in total. The van der Waals surface area contributed by atoms with E-state index >= 15 is 0 Å². The van der Waals surface area contributed by atoms with Gasteiger partial charge in [0.25, 0.3) is 5.91 Å². The smallest absolute Gasteiger partial charge is 0.323 e. The van der Waals surface area contributed by atoms with E-state index in [1.165, 1.54) is 0 Å². The van der Waals surface area contributed by atoms with Crippen molar-refractivity contribution in [1.29, 1.82) is 0 Å². The van der Waals surface area contributed by atoms with Crippen molar-refractivity contribution < 1.29 is 24.2 Å². The molecule has 1 aliphatic heterocycles. The van der Waals surface area contributed by atoms with Crippen molar-refractivity contribution >= 4 is 28.5 Å². The topological polar surface area (TPSA) is 89.8 Å². The van der Waals surface area contributed by atoms with Crippen LogP contribution in [0.15, 0.2) is 30.5 Å². The van der Waals surface area contributed by atoms with Gasteiger partial charge >= 0.3 is 5.97 Å². The standard InChI is InChI=1S/C19H24N2O5/c1-13(26-12-16-4-2-3-9-25-16)19(24)20-15-5-6-17-14(10-15)7-8-21(17)11-18(22)23/h5-8,10,13,16H,2-4,9,11-12H2,1H3,(H,20,24)(H,22,23). The second-order valence-corrected chi connectivity index (χ2v) is 6.56. The summed E-state index contributed by atoms with van der Waals surface area (Å²) in [7, 11) is 0. The van der Waals surface area contributed by atoms with Crippen LogP contribution in [0, 0.1) is 0 Å². The summed E-state index contributed by atoms with van der Waals surface area (Å²) in [4.78, 5) is 23.2. The summed E-state index contributed by atoms with van der Waals surface area (Å²) in [5, 5.41) is 12.6. The van der Waals surface area contributed by atoms with E-state index in [-0.39, 0.29) is 18.6 Å². The summed E-state index contributed by atoms with van der Waals surface area (Å²) in [6.45, 7) is 2.81. The van der Waals surface area contributed by atoms with Gasteiger partial charge in [0.2, 0.25) is 0 Å². The first-order valence-corrected chi connectivity index (χ1v) is 8.87. The lowest BCUT2D eigenvalue weighted by atomic mass is 10.1. The lowest BCUT2D eigenvalue weighted by Gasteiger charge is -2.23. The number of amides is 1. The quantitative estimate of drug-likeness (QED) is 0.792. The van der Waals surface area contributed by atoms with E-state index in [9.17, 15) is 9.59 Å². The predicted molar refractivity (Wildman–Crippen MR) is 97.2 cm³/mol. The van der Waals surface area contributed by atoms with Crippen molar-refractivity contribution in [2.24, 2.45) is 0 Å². The molecule has 7 nitrogen and oxygen atoms in total. The lowest BCUT2D eigenvalue weighted by Crippen LogP contribution is -2.32. The number of carboxylic acids is 1. The van der Waals surface area contributed by atoms with Crippen LogP contribution in [-0.2, 0) is 25.6 Å². The molecule has 1 fully saturated rings. The number of ether oxygens (including phenoxy) is 2. The summed E-state index contributed by atoms with van der Waals surface area (Å²) >= 11 is 0. The van der Waals surface area contributed by atoms with Crippen molar-refractivity contribution in [1.82, 2.24) is 4.57 Å². The fraction of sp³-hybridized carbons (Fsp3) is 0.474. The van der Waals surface area contributed by atoms with Crippen LogP contribution in [0.1, 0.15) is 26.2 Å². The highest BCUT2D eigenvalue weighted by atomic mass is 16.5. The van der Waals surface area contributed by atoms with Crippen LogP contribution >= 0.6 is 0 Å². The van der Waals surface area contributed by atoms with Crippen LogP contribution in [0.5, 0.6) is 0 Å². The maximum Gasteiger partial charge on any atom is 0.323 e. The number of aliphatic carboxylic acids is 1.